The number of aliphatic hydroxyl groups excluding tert-OH is 1. The average Bonchev–Trinajstić information content (AvgIpc) is 2.18. The van der Waals surface area contributed by atoms with Gasteiger partial charge in [-0.3, -0.25) is 4.79 Å². The molecule has 76 valence electrons. The van der Waals surface area contributed by atoms with Crippen molar-refractivity contribution < 1.29 is 9.90 Å². The van der Waals surface area contributed by atoms with Crippen molar-refractivity contribution in [2.75, 3.05) is 5.75 Å². The van der Waals surface area contributed by atoms with Crippen LogP contribution in [-0.4, -0.2) is 28.9 Å². The summed E-state index contributed by atoms with van der Waals surface area (Å²) in [5.74, 6) is -0.0830. The van der Waals surface area contributed by atoms with Crippen LogP contribution in [0.15, 0.2) is 0 Å². The van der Waals surface area contributed by atoms with E-state index >= 15 is 0 Å². The summed E-state index contributed by atoms with van der Waals surface area (Å²) >= 11 is 3.86. The van der Waals surface area contributed by atoms with Crippen LogP contribution in [0.5, 0.6) is 0 Å². The number of amides is 1. The third-order valence-corrected chi connectivity index (χ3v) is 2.77. The van der Waals surface area contributed by atoms with Gasteiger partial charge >= 0.3 is 0 Å². The van der Waals surface area contributed by atoms with Gasteiger partial charge < -0.3 is 10.4 Å². The Morgan fingerprint density at radius 1 is 1.46 bits per heavy atom. The van der Waals surface area contributed by atoms with Crippen molar-refractivity contribution in [1.82, 2.24) is 5.32 Å². The number of aliphatic hydroxyl groups is 1. The molecule has 1 aliphatic carbocycles. The summed E-state index contributed by atoms with van der Waals surface area (Å²) in [4.78, 5) is 11.2. The molecule has 0 heterocycles. The Hall–Kier alpha value is -0.220. The standard InChI is InChI=1S/C9H17NO2S/c11-8(6-13)9(12)10-7-4-2-1-3-5-7/h7-8,11,13H,1-6H2,(H,10,12). The lowest BCUT2D eigenvalue weighted by atomic mass is 9.95. The summed E-state index contributed by atoms with van der Waals surface area (Å²) in [5, 5.41) is 12.0. The lowest BCUT2D eigenvalue weighted by molar-refractivity contribution is -0.129. The van der Waals surface area contributed by atoms with E-state index in [1.54, 1.807) is 0 Å². The number of thiol groups is 1. The molecule has 0 aromatic carbocycles. The van der Waals surface area contributed by atoms with Crippen LogP contribution in [0.25, 0.3) is 0 Å². The number of nitrogens with one attached hydrogen (secondary N) is 1. The van der Waals surface area contributed by atoms with E-state index in [0.717, 1.165) is 12.8 Å². The monoisotopic (exact) mass is 203 g/mol. The van der Waals surface area contributed by atoms with E-state index in [0.29, 0.717) is 0 Å². The first-order valence-electron chi connectivity index (χ1n) is 4.83. The van der Waals surface area contributed by atoms with Gasteiger partial charge in [0.15, 0.2) is 0 Å². The maximum Gasteiger partial charge on any atom is 0.249 e. The molecule has 13 heavy (non-hydrogen) atoms. The Morgan fingerprint density at radius 2 is 2.08 bits per heavy atom. The second-order valence-corrected chi connectivity index (χ2v) is 3.91. The van der Waals surface area contributed by atoms with Crippen molar-refractivity contribution in [3.63, 3.8) is 0 Å². The predicted molar refractivity (Wildman–Crippen MR) is 54.9 cm³/mol. The van der Waals surface area contributed by atoms with Gasteiger partial charge in [0.1, 0.15) is 6.10 Å². The van der Waals surface area contributed by atoms with Crippen LogP contribution in [0.1, 0.15) is 32.1 Å². The van der Waals surface area contributed by atoms with Gasteiger partial charge in [-0.15, -0.1) is 0 Å². The molecule has 0 saturated heterocycles. The van der Waals surface area contributed by atoms with Crippen LogP contribution in [0.3, 0.4) is 0 Å². The van der Waals surface area contributed by atoms with Gasteiger partial charge in [0, 0.05) is 11.8 Å². The number of carbonyl (C=O) groups is 1. The average molecular weight is 203 g/mol. The van der Waals surface area contributed by atoms with E-state index in [1.165, 1.54) is 19.3 Å². The molecule has 0 aromatic heterocycles. The highest BCUT2D eigenvalue weighted by Gasteiger charge is 2.19. The summed E-state index contributed by atoms with van der Waals surface area (Å²) in [6.45, 7) is 0. The Bertz CT molecular complexity index is 169. The molecule has 0 aliphatic heterocycles. The fourth-order valence-corrected chi connectivity index (χ4v) is 1.79. The van der Waals surface area contributed by atoms with E-state index < -0.39 is 6.10 Å². The maximum absolute atomic E-state index is 11.2. The number of carbonyl (C=O) groups excluding carboxylic acids is 1. The summed E-state index contributed by atoms with van der Waals surface area (Å²) in [6.07, 6.45) is 4.77. The summed E-state index contributed by atoms with van der Waals surface area (Å²) in [7, 11) is 0. The van der Waals surface area contributed by atoms with Crippen LogP contribution in [0.2, 0.25) is 0 Å². The minimum atomic E-state index is -0.953. The van der Waals surface area contributed by atoms with Crippen molar-refractivity contribution in [1.29, 1.82) is 0 Å². The number of rotatable bonds is 3. The summed E-state index contributed by atoms with van der Waals surface area (Å²) in [6, 6.07) is 0.274. The molecule has 1 saturated carbocycles. The van der Waals surface area contributed by atoms with Gasteiger partial charge in [0.2, 0.25) is 5.91 Å². The first-order chi connectivity index (χ1) is 6.24. The lowest BCUT2D eigenvalue weighted by Gasteiger charge is -2.23. The fourth-order valence-electron chi connectivity index (χ4n) is 1.63. The third kappa shape index (κ3) is 3.56. The molecular weight excluding hydrogens is 186 g/mol. The Kier molecular flexibility index (Phi) is 4.59. The van der Waals surface area contributed by atoms with E-state index in [4.69, 9.17) is 5.11 Å². The van der Waals surface area contributed by atoms with Crippen LogP contribution in [0.4, 0.5) is 0 Å². The molecule has 1 amide bonds. The van der Waals surface area contributed by atoms with Crippen LogP contribution in [0, 0.1) is 0 Å². The Morgan fingerprint density at radius 3 is 2.62 bits per heavy atom. The van der Waals surface area contributed by atoms with Crippen LogP contribution in [-0.2, 0) is 4.79 Å². The molecule has 1 aliphatic rings. The van der Waals surface area contributed by atoms with Gasteiger partial charge in [0.25, 0.3) is 0 Å². The first-order valence-corrected chi connectivity index (χ1v) is 5.46. The van der Waals surface area contributed by atoms with Gasteiger partial charge in [-0.2, -0.15) is 12.6 Å². The highest BCUT2D eigenvalue weighted by atomic mass is 32.1. The molecule has 4 heteroatoms. The second-order valence-electron chi connectivity index (χ2n) is 3.54. The van der Waals surface area contributed by atoms with E-state index in [-0.39, 0.29) is 17.7 Å². The molecule has 1 unspecified atom stereocenters. The largest absolute Gasteiger partial charge is 0.382 e. The van der Waals surface area contributed by atoms with Gasteiger partial charge in [-0.05, 0) is 12.8 Å². The molecule has 1 rings (SSSR count). The number of hydrogen-bond acceptors (Lipinski definition) is 3. The Labute approximate surface area is 84.3 Å². The predicted octanol–water partition coefficient (Wildman–Crippen LogP) is 0.726. The molecule has 0 bridgehead atoms. The van der Waals surface area contributed by atoms with E-state index in [2.05, 4.69) is 17.9 Å². The lowest BCUT2D eigenvalue weighted by Crippen LogP contribution is -2.42. The van der Waals surface area contributed by atoms with Crippen molar-refractivity contribution in [3.05, 3.63) is 0 Å². The highest BCUT2D eigenvalue weighted by molar-refractivity contribution is 7.80. The second kappa shape index (κ2) is 5.50. The SMILES string of the molecule is O=C(NC1CCCCC1)C(O)CS. The van der Waals surface area contributed by atoms with Crippen molar-refractivity contribution in [2.24, 2.45) is 0 Å². The first kappa shape index (κ1) is 10.9. The minimum Gasteiger partial charge on any atom is -0.382 e. The zero-order chi connectivity index (χ0) is 9.68. The molecule has 2 N–H and O–H groups in total. The highest BCUT2D eigenvalue weighted by Crippen LogP contribution is 2.17. The molecule has 0 aromatic rings. The van der Waals surface area contributed by atoms with Crippen LogP contribution >= 0.6 is 12.6 Å². The number of hydrogen-bond donors (Lipinski definition) is 3. The molecule has 3 nitrogen and oxygen atoms in total. The normalized spacial score (nSPS) is 21.1. The molecule has 0 radical (unpaired) electrons. The van der Waals surface area contributed by atoms with Crippen LogP contribution < -0.4 is 5.32 Å². The molecule has 0 spiro atoms. The quantitative estimate of drug-likeness (QED) is 0.592. The van der Waals surface area contributed by atoms with Crippen molar-refractivity contribution in [3.8, 4) is 0 Å². The zero-order valence-electron chi connectivity index (χ0n) is 7.70. The molecule has 1 atom stereocenters. The van der Waals surface area contributed by atoms with E-state index in [1.807, 2.05) is 0 Å². The minimum absolute atomic E-state index is 0.193. The van der Waals surface area contributed by atoms with Crippen molar-refractivity contribution in [2.45, 2.75) is 44.2 Å². The van der Waals surface area contributed by atoms with Crippen molar-refractivity contribution >= 4 is 18.5 Å². The van der Waals surface area contributed by atoms with Gasteiger partial charge in [-0.1, -0.05) is 19.3 Å². The third-order valence-electron chi connectivity index (χ3n) is 2.43. The van der Waals surface area contributed by atoms with Gasteiger partial charge in [0.05, 0.1) is 0 Å². The maximum atomic E-state index is 11.2. The molecular formula is C9H17NO2S. The summed E-state index contributed by atoms with van der Waals surface area (Å²) in [5.41, 5.74) is 0. The summed E-state index contributed by atoms with van der Waals surface area (Å²) < 4.78 is 0. The van der Waals surface area contributed by atoms with E-state index in [9.17, 15) is 4.79 Å². The zero-order valence-corrected chi connectivity index (χ0v) is 8.59. The van der Waals surface area contributed by atoms with Gasteiger partial charge in [-0.25, -0.2) is 0 Å². The smallest absolute Gasteiger partial charge is 0.249 e. The fraction of sp³-hybridized carbons (Fsp3) is 0.889. The molecule has 1 fully saturated rings. The topological polar surface area (TPSA) is 49.3 Å². The Balaban J connectivity index is 2.26.